The molecular formula is C22H22N6O5S. The third-order valence-electron chi connectivity index (χ3n) is 4.20. The lowest BCUT2D eigenvalue weighted by molar-refractivity contribution is 0.0636. The van der Waals surface area contributed by atoms with E-state index in [-0.39, 0.29) is 5.89 Å². The fourth-order valence-electron chi connectivity index (χ4n) is 2.89. The first-order valence-electron chi connectivity index (χ1n) is 10.2. The van der Waals surface area contributed by atoms with Gasteiger partial charge in [0.05, 0.1) is 22.1 Å². The number of carbonyl (C=O) groups excluding carboxylic acids is 1. The Labute approximate surface area is 198 Å². The number of anilines is 1. The van der Waals surface area contributed by atoms with Crippen LogP contribution >= 0.6 is 11.3 Å². The van der Waals surface area contributed by atoms with E-state index in [1.165, 1.54) is 24.8 Å². The second kappa shape index (κ2) is 9.83. The molecule has 1 atom stereocenters. The van der Waals surface area contributed by atoms with Gasteiger partial charge >= 0.3 is 6.09 Å². The first-order chi connectivity index (χ1) is 16.3. The van der Waals surface area contributed by atoms with Crippen molar-refractivity contribution in [1.29, 1.82) is 0 Å². The van der Waals surface area contributed by atoms with Crippen molar-refractivity contribution in [2.24, 2.45) is 5.16 Å². The fraction of sp³-hybridized carbons (Fsp3) is 0.273. The number of fused-ring (bicyclic) bond motifs is 1. The highest BCUT2D eigenvalue weighted by atomic mass is 32.1. The highest BCUT2D eigenvalue weighted by Gasteiger charge is 2.24. The Morgan fingerprint density at radius 2 is 2.12 bits per heavy atom. The maximum Gasteiger partial charge on any atom is 0.413 e. The van der Waals surface area contributed by atoms with Crippen LogP contribution in [-0.2, 0) is 9.57 Å². The maximum absolute atomic E-state index is 12.1. The third kappa shape index (κ3) is 5.84. The van der Waals surface area contributed by atoms with Crippen molar-refractivity contribution in [3.8, 4) is 5.75 Å². The zero-order valence-corrected chi connectivity index (χ0v) is 19.7. The topological polar surface area (TPSA) is 134 Å². The number of aromatic nitrogens is 4. The molecule has 4 aromatic rings. The van der Waals surface area contributed by atoms with Gasteiger partial charge in [0.25, 0.3) is 5.89 Å². The van der Waals surface area contributed by atoms with Crippen molar-refractivity contribution in [3.63, 3.8) is 0 Å². The fourth-order valence-corrected chi connectivity index (χ4v) is 3.77. The Kier molecular flexibility index (Phi) is 6.68. The van der Waals surface area contributed by atoms with Crippen LogP contribution in [0.15, 0.2) is 52.5 Å². The molecule has 1 N–H and O–H groups in total. The molecule has 1 unspecified atom stereocenters. The lowest BCUT2D eigenvalue weighted by atomic mass is 10.1. The van der Waals surface area contributed by atoms with Crippen LogP contribution < -0.4 is 10.1 Å². The summed E-state index contributed by atoms with van der Waals surface area (Å²) in [5, 5.41) is 14.6. The van der Waals surface area contributed by atoms with E-state index in [0.717, 1.165) is 10.3 Å². The van der Waals surface area contributed by atoms with Crippen molar-refractivity contribution < 1.29 is 23.5 Å². The monoisotopic (exact) mass is 482 g/mol. The first kappa shape index (κ1) is 23.1. The van der Waals surface area contributed by atoms with E-state index in [1.807, 2.05) is 6.07 Å². The number of oxime groups is 1. The van der Waals surface area contributed by atoms with Gasteiger partial charge in [-0.25, -0.2) is 9.78 Å². The molecule has 4 rings (SSSR count). The smallest absolute Gasteiger partial charge is 0.413 e. The Balaban J connectivity index is 1.58. The van der Waals surface area contributed by atoms with Crippen LogP contribution in [0.3, 0.4) is 0 Å². The minimum absolute atomic E-state index is 0.241. The SMILES string of the molecule is CO/N=C/c1ccnc(C(Oc2ccc3nc(NC(=O)OC(C)(C)C)sc3c2)c2nnco2)c1. The molecule has 34 heavy (non-hydrogen) atoms. The summed E-state index contributed by atoms with van der Waals surface area (Å²) >= 11 is 1.30. The summed E-state index contributed by atoms with van der Waals surface area (Å²) < 4.78 is 17.7. The number of thiazole rings is 1. The van der Waals surface area contributed by atoms with Crippen LogP contribution in [0.2, 0.25) is 0 Å². The second-order valence-electron chi connectivity index (χ2n) is 7.98. The van der Waals surface area contributed by atoms with Gasteiger partial charge in [-0.1, -0.05) is 16.5 Å². The Morgan fingerprint density at radius 3 is 2.85 bits per heavy atom. The van der Waals surface area contributed by atoms with Gasteiger partial charge in [-0.3, -0.25) is 10.3 Å². The predicted octanol–water partition coefficient (Wildman–Crippen LogP) is 4.57. The Hall–Kier alpha value is -4.06. The first-order valence-corrected chi connectivity index (χ1v) is 11.0. The number of rotatable bonds is 7. The van der Waals surface area contributed by atoms with Gasteiger partial charge in [-0.2, -0.15) is 0 Å². The van der Waals surface area contributed by atoms with E-state index < -0.39 is 17.8 Å². The number of pyridine rings is 1. The molecule has 11 nitrogen and oxygen atoms in total. The molecule has 3 heterocycles. The van der Waals surface area contributed by atoms with Gasteiger partial charge in [0, 0.05) is 6.20 Å². The number of ether oxygens (including phenoxy) is 2. The van der Waals surface area contributed by atoms with Gasteiger partial charge in [-0.15, -0.1) is 10.2 Å². The van der Waals surface area contributed by atoms with Crippen LogP contribution in [0, 0.1) is 0 Å². The molecular weight excluding hydrogens is 460 g/mol. The van der Waals surface area contributed by atoms with Gasteiger partial charge in [0.1, 0.15) is 18.5 Å². The van der Waals surface area contributed by atoms with Crippen molar-refractivity contribution in [2.45, 2.75) is 32.5 Å². The van der Waals surface area contributed by atoms with Gasteiger partial charge < -0.3 is 18.7 Å². The van der Waals surface area contributed by atoms with Crippen LogP contribution in [0.25, 0.3) is 10.2 Å². The van der Waals surface area contributed by atoms with Crippen molar-refractivity contribution >= 4 is 39.0 Å². The molecule has 0 aliphatic heterocycles. The van der Waals surface area contributed by atoms with E-state index >= 15 is 0 Å². The van der Waals surface area contributed by atoms with Crippen molar-refractivity contribution in [1.82, 2.24) is 20.2 Å². The normalized spacial score (nSPS) is 12.6. The number of hydrogen-bond acceptors (Lipinski definition) is 11. The Bertz CT molecular complexity index is 1300. The minimum Gasteiger partial charge on any atom is -0.474 e. The molecule has 0 spiro atoms. The molecule has 176 valence electrons. The lowest BCUT2D eigenvalue weighted by Crippen LogP contribution is -2.27. The largest absolute Gasteiger partial charge is 0.474 e. The average Bonchev–Trinajstić information content (AvgIpc) is 3.44. The summed E-state index contributed by atoms with van der Waals surface area (Å²) in [6.07, 6.45) is 3.08. The molecule has 3 aromatic heterocycles. The van der Waals surface area contributed by atoms with Gasteiger partial charge in [0.15, 0.2) is 5.13 Å². The van der Waals surface area contributed by atoms with Crippen LogP contribution in [0.5, 0.6) is 5.75 Å². The number of amides is 1. The van der Waals surface area contributed by atoms with E-state index in [4.69, 9.17) is 18.7 Å². The van der Waals surface area contributed by atoms with Crippen LogP contribution in [0.4, 0.5) is 9.93 Å². The molecule has 0 saturated carbocycles. The third-order valence-corrected chi connectivity index (χ3v) is 5.14. The quantitative estimate of drug-likeness (QED) is 0.297. The molecule has 12 heteroatoms. The van der Waals surface area contributed by atoms with Crippen molar-refractivity contribution in [2.75, 3.05) is 12.4 Å². The summed E-state index contributed by atoms with van der Waals surface area (Å²) in [5.74, 6) is 0.769. The minimum atomic E-state index is -0.761. The van der Waals surface area contributed by atoms with Crippen LogP contribution in [0.1, 0.15) is 44.0 Å². The summed E-state index contributed by atoms with van der Waals surface area (Å²) in [6.45, 7) is 5.38. The van der Waals surface area contributed by atoms with E-state index in [1.54, 1.807) is 57.4 Å². The molecule has 0 fully saturated rings. The highest BCUT2D eigenvalue weighted by Crippen LogP contribution is 2.32. The summed E-state index contributed by atoms with van der Waals surface area (Å²) in [4.78, 5) is 25.6. The lowest BCUT2D eigenvalue weighted by Gasteiger charge is -2.18. The number of nitrogens with one attached hydrogen (secondary N) is 1. The number of nitrogens with zero attached hydrogens (tertiary/aromatic N) is 5. The van der Waals surface area contributed by atoms with E-state index in [9.17, 15) is 4.79 Å². The maximum atomic E-state index is 12.1. The molecule has 0 saturated heterocycles. The van der Waals surface area contributed by atoms with Crippen molar-refractivity contribution in [3.05, 3.63) is 60.1 Å². The molecule has 0 radical (unpaired) electrons. The van der Waals surface area contributed by atoms with Gasteiger partial charge in [0.2, 0.25) is 12.5 Å². The zero-order chi connectivity index (χ0) is 24.1. The van der Waals surface area contributed by atoms with E-state index in [2.05, 4.69) is 30.6 Å². The summed E-state index contributed by atoms with van der Waals surface area (Å²) in [5.41, 5.74) is 1.40. The average molecular weight is 483 g/mol. The Morgan fingerprint density at radius 1 is 1.26 bits per heavy atom. The zero-order valence-electron chi connectivity index (χ0n) is 18.9. The molecule has 1 aromatic carbocycles. The highest BCUT2D eigenvalue weighted by molar-refractivity contribution is 7.22. The molecule has 1 amide bonds. The summed E-state index contributed by atoms with van der Waals surface area (Å²) in [7, 11) is 1.47. The standard InChI is InChI=1S/C22H22N6O5S/c1-22(2,3)33-21(29)27-20-26-15-6-5-14(10-17(15)34-20)32-18(19-28-24-12-31-19)16-9-13(7-8-23-16)11-25-30-4/h5-12,18H,1-4H3,(H,26,27,29)/b25-11+. The molecule has 0 aliphatic carbocycles. The van der Waals surface area contributed by atoms with Gasteiger partial charge in [-0.05, 0) is 56.7 Å². The summed E-state index contributed by atoms with van der Waals surface area (Å²) in [6, 6.07) is 8.93. The molecule has 0 bridgehead atoms. The number of benzene rings is 1. The second-order valence-corrected chi connectivity index (χ2v) is 9.01. The number of carbonyl (C=O) groups is 1. The molecule has 0 aliphatic rings. The number of hydrogen-bond donors (Lipinski definition) is 1. The van der Waals surface area contributed by atoms with E-state index in [0.29, 0.717) is 22.1 Å². The predicted molar refractivity (Wildman–Crippen MR) is 125 cm³/mol. The van der Waals surface area contributed by atoms with Crippen LogP contribution in [-0.4, -0.2) is 45.2 Å².